The van der Waals surface area contributed by atoms with Crippen molar-refractivity contribution in [1.29, 1.82) is 0 Å². The molecule has 0 bridgehead atoms. The van der Waals surface area contributed by atoms with Crippen LogP contribution in [0.5, 0.6) is 0 Å². The molecule has 10 N–H and O–H groups in total. The minimum Gasteiger partial charge on any atom is -0.481 e. The first-order valence-electron chi connectivity index (χ1n) is 22.8. The number of aromatic nitrogens is 2. The van der Waals surface area contributed by atoms with Gasteiger partial charge in [0.15, 0.2) is 30.6 Å². The number of H-pyrrole nitrogens is 2. The van der Waals surface area contributed by atoms with Crippen molar-refractivity contribution in [1.82, 2.24) is 9.97 Å². The van der Waals surface area contributed by atoms with Crippen LogP contribution in [-0.2, 0) is 38.1 Å². The van der Waals surface area contributed by atoms with E-state index >= 15 is 0 Å². The van der Waals surface area contributed by atoms with E-state index in [0.29, 0.717) is 30.3 Å². The summed E-state index contributed by atoms with van der Waals surface area (Å²) >= 11 is 4.62. The SMILES string of the molecule is CC1(C)[C@@H](O[C@H]2O[C@H](C(=O)O)[C@@H](O)[C@H](O)[C@H]2O[C@@H]2O[C@H](C(=O)O)[C@@H](O)[C@H](O)[C@H]2O)CC[C@]2(C)[C@H]3C(=O)C=C4[C@@H]5C[C@@](C)(C(=O)O)CC[C@]5(C)CC[C@@]4(C)[C@]3(C)CC[C@@H]12.O=c1[nH]ccc(=S)[nH]1. The van der Waals surface area contributed by atoms with Crippen LogP contribution in [0.2, 0.25) is 0 Å². The van der Waals surface area contributed by atoms with Gasteiger partial charge in [0.05, 0.1) is 11.5 Å². The van der Waals surface area contributed by atoms with Gasteiger partial charge in [-0.25, -0.2) is 14.4 Å². The highest BCUT2D eigenvalue weighted by molar-refractivity contribution is 7.71. The number of carboxylic acids is 3. The molecule has 7 aliphatic rings. The van der Waals surface area contributed by atoms with Crippen molar-refractivity contribution in [2.45, 2.75) is 174 Å². The largest absolute Gasteiger partial charge is 0.481 e. The number of hydrogen-bond donors (Lipinski definition) is 10. The third kappa shape index (κ3) is 8.13. The Balaban J connectivity index is 0.000000732. The predicted octanol–water partition coefficient (Wildman–Crippen LogP) is 2.68. The van der Waals surface area contributed by atoms with Crippen molar-refractivity contribution < 1.29 is 79.0 Å². The fraction of sp³-hybridized carbons (Fsp3) is 0.783. The summed E-state index contributed by atoms with van der Waals surface area (Å²) in [6.07, 6.45) is -10.7. The van der Waals surface area contributed by atoms with E-state index in [-0.39, 0.29) is 40.1 Å². The van der Waals surface area contributed by atoms with E-state index in [1.807, 2.05) is 26.8 Å². The Morgan fingerprint density at radius 2 is 1.35 bits per heavy atom. The van der Waals surface area contributed by atoms with Gasteiger partial charge in [-0.15, -0.1) is 0 Å². The van der Waals surface area contributed by atoms with Gasteiger partial charge in [-0.1, -0.05) is 59.3 Å². The summed E-state index contributed by atoms with van der Waals surface area (Å²) in [4.78, 5) is 66.4. The number of aliphatic carboxylic acids is 3. The second-order valence-corrected chi connectivity index (χ2v) is 22.4. The van der Waals surface area contributed by atoms with Gasteiger partial charge in [0.1, 0.15) is 41.3 Å². The Kier molecular flexibility index (Phi) is 13.4. The van der Waals surface area contributed by atoms with Crippen LogP contribution in [0.4, 0.5) is 0 Å². The minimum atomic E-state index is -2.05. The molecule has 1 aromatic heterocycles. The summed E-state index contributed by atoms with van der Waals surface area (Å²) in [5, 5.41) is 83.0. The molecular weight excluding hydrogens is 885 g/mol. The molecule has 0 amide bonds. The number of ketones is 1. The van der Waals surface area contributed by atoms with Crippen LogP contribution in [-0.4, -0.2) is 142 Å². The second-order valence-electron chi connectivity index (χ2n) is 21.9. The average molecular weight is 951 g/mol. The number of aliphatic hydroxyl groups excluding tert-OH is 5. The lowest BCUT2D eigenvalue weighted by atomic mass is 9.33. The Bertz CT molecular complexity index is 2210. The lowest BCUT2D eigenvalue weighted by Gasteiger charge is -2.70. The van der Waals surface area contributed by atoms with Crippen molar-refractivity contribution >= 4 is 35.9 Å². The van der Waals surface area contributed by atoms with Gasteiger partial charge >= 0.3 is 23.6 Å². The molecular formula is C46H66N2O17S. The molecule has 0 spiro atoms. The summed E-state index contributed by atoms with van der Waals surface area (Å²) in [6.45, 7) is 14.8. The van der Waals surface area contributed by atoms with Gasteiger partial charge < -0.3 is 64.8 Å². The highest BCUT2D eigenvalue weighted by Crippen LogP contribution is 2.75. The van der Waals surface area contributed by atoms with Crippen molar-refractivity contribution in [3.05, 3.63) is 39.0 Å². The van der Waals surface area contributed by atoms with Gasteiger partial charge in [0.2, 0.25) is 0 Å². The normalized spacial score (nSPS) is 47.3. The maximum Gasteiger partial charge on any atom is 0.335 e. The summed E-state index contributed by atoms with van der Waals surface area (Å²) in [7, 11) is 0. The zero-order chi connectivity index (χ0) is 48.9. The van der Waals surface area contributed by atoms with E-state index in [1.54, 1.807) is 6.07 Å². The van der Waals surface area contributed by atoms with E-state index in [2.05, 4.69) is 49.9 Å². The molecule has 19 atom stereocenters. The van der Waals surface area contributed by atoms with Crippen molar-refractivity contribution in [2.24, 2.45) is 50.2 Å². The van der Waals surface area contributed by atoms with Gasteiger partial charge in [-0.3, -0.25) is 14.6 Å². The molecule has 2 saturated heterocycles. The molecule has 5 aliphatic carbocycles. The lowest BCUT2D eigenvalue weighted by Crippen LogP contribution is -2.68. The average Bonchev–Trinajstić information content (AvgIpc) is 3.22. The van der Waals surface area contributed by atoms with Gasteiger partial charge in [-0.05, 0) is 116 Å². The third-order valence-corrected chi connectivity index (χ3v) is 18.1. The van der Waals surface area contributed by atoms with Crippen molar-refractivity contribution in [3.63, 3.8) is 0 Å². The van der Waals surface area contributed by atoms with Gasteiger partial charge in [0.25, 0.3) is 0 Å². The van der Waals surface area contributed by atoms with E-state index in [0.717, 1.165) is 37.7 Å². The topological polar surface area (TPSA) is 316 Å². The first-order chi connectivity index (χ1) is 30.6. The van der Waals surface area contributed by atoms with Gasteiger partial charge in [-0.2, -0.15) is 0 Å². The first kappa shape index (κ1) is 50.4. The Labute approximate surface area is 386 Å². The summed E-state index contributed by atoms with van der Waals surface area (Å²) in [5.74, 6) is -4.47. The van der Waals surface area contributed by atoms with Gasteiger partial charge in [0, 0.05) is 12.1 Å². The predicted molar refractivity (Wildman–Crippen MR) is 232 cm³/mol. The van der Waals surface area contributed by atoms with Crippen LogP contribution in [0, 0.1) is 54.9 Å². The number of carbonyl (C=O) groups excluding carboxylic acids is 1. The Morgan fingerprint density at radius 3 is 1.92 bits per heavy atom. The van der Waals surface area contributed by atoms with Crippen LogP contribution in [0.15, 0.2) is 28.7 Å². The standard InChI is InChI=1S/C42H62O16.C4H4N2OS/c1-37(2)21-8-11-42(7)31(20(43)16-18-19-17-39(4,36(53)54)13-12-38(19,3)14-15-41(18,42)6)40(21,5)10-9-22(37)55-35-30(26(47)25(46)29(57-35)33(51)52)58-34-27(48)23(44)24(45)28(56-34)32(49)50;7-4-5-2-1-3(8)6-4/h16,19,21-31,34-35,44-48H,8-15,17H2,1-7H3,(H,49,50)(H,51,52)(H,53,54);1-2H,(H2,5,6,7,8)/t19-,21-,22-,23-,24-,25-,26-,27+,28-,29-,30+,31+,34-,35-,38+,39-,40-,41+,42+;/m0./s1. The Morgan fingerprint density at radius 1 is 0.742 bits per heavy atom. The molecule has 20 heteroatoms. The molecule has 0 unspecified atom stereocenters. The number of aliphatic hydroxyl groups is 5. The molecule has 66 heavy (non-hydrogen) atoms. The smallest absolute Gasteiger partial charge is 0.335 e. The minimum absolute atomic E-state index is 0.0217. The van der Waals surface area contributed by atoms with E-state index < -0.39 is 107 Å². The van der Waals surface area contributed by atoms with E-state index in [1.165, 1.54) is 6.20 Å². The molecule has 2 aliphatic heterocycles. The fourth-order valence-corrected chi connectivity index (χ4v) is 13.9. The van der Waals surface area contributed by atoms with Crippen LogP contribution in [0.1, 0.15) is 106 Å². The number of nitrogens with one attached hydrogen (secondary N) is 2. The number of ether oxygens (including phenoxy) is 4. The zero-order valence-corrected chi connectivity index (χ0v) is 39.2. The molecule has 6 fully saturated rings. The number of allylic oxidation sites excluding steroid dienone is 2. The quantitative estimate of drug-likeness (QED) is 0.139. The molecule has 0 radical (unpaired) electrons. The second kappa shape index (κ2) is 17.5. The molecule has 1 aromatic rings. The van der Waals surface area contributed by atoms with E-state index in [4.69, 9.17) is 18.9 Å². The monoisotopic (exact) mass is 950 g/mol. The highest BCUT2D eigenvalue weighted by Gasteiger charge is 2.71. The molecule has 0 aromatic carbocycles. The molecule has 19 nitrogen and oxygen atoms in total. The maximum absolute atomic E-state index is 14.8. The number of aromatic amines is 2. The molecule has 3 heterocycles. The molecule has 4 saturated carbocycles. The van der Waals surface area contributed by atoms with Crippen LogP contribution >= 0.6 is 12.2 Å². The van der Waals surface area contributed by atoms with Crippen molar-refractivity contribution in [2.75, 3.05) is 0 Å². The van der Waals surface area contributed by atoms with Crippen LogP contribution in [0.25, 0.3) is 0 Å². The number of fused-ring (bicyclic) bond motifs is 7. The summed E-state index contributed by atoms with van der Waals surface area (Å²) < 4.78 is 23.8. The number of carboxylic acid groups (broad SMARTS) is 3. The van der Waals surface area contributed by atoms with Crippen LogP contribution < -0.4 is 5.69 Å². The number of rotatable bonds is 7. The summed E-state index contributed by atoms with van der Waals surface area (Å²) in [6, 6.07) is 1.61. The summed E-state index contributed by atoms with van der Waals surface area (Å²) in [5.41, 5.74) is -2.08. The zero-order valence-electron chi connectivity index (χ0n) is 38.3. The Hall–Kier alpha value is -3.44. The molecule has 368 valence electrons. The van der Waals surface area contributed by atoms with E-state index in [9.17, 15) is 64.8 Å². The fourth-order valence-electron chi connectivity index (χ4n) is 13.8. The number of carbonyl (C=O) groups is 4. The third-order valence-electron chi connectivity index (χ3n) is 17.9. The van der Waals surface area contributed by atoms with Crippen LogP contribution in [0.3, 0.4) is 0 Å². The maximum atomic E-state index is 14.8. The lowest BCUT2D eigenvalue weighted by molar-refractivity contribution is -0.371. The highest BCUT2D eigenvalue weighted by atomic mass is 32.1. The molecule has 8 rings (SSSR count). The first-order valence-corrected chi connectivity index (χ1v) is 23.2. The number of hydrogen-bond acceptors (Lipinski definition) is 15. The van der Waals surface area contributed by atoms with Crippen molar-refractivity contribution in [3.8, 4) is 0 Å².